The smallest absolute Gasteiger partial charge is 0.257 e. The molecule has 1 aromatic carbocycles. The molecule has 5 nitrogen and oxygen atoms in total. The van der Waals surface area contributed by atoms with Crippen LogP contribution in [0, 0.1) is 6.92 Å². The second kappa shape index (κ2) is 9.09. The standard InChI is InChI=1S/C19H27ClN2O3/c1-4-5-7-17(23)21-8-6-9-22(11-10-21)19(24)16-13-15(20)12-14(2)18(16)25-3/h12-13H,4-11H2,1-3H3. The molecule has 6 heteroatoms. The molecular formula is C19H27ClN2O3. The van der Waals surface area contributed by atoms with Crippen LogP contribution in [0.15, 0.2) is 12.1 Å². The molecule has 1 aromatic rings. The predicted octanol–water partition coefficient (Wildman–Crippen LogP) is 3.52. The number of methoxy groups -OCH3 is 1. The zero-order chi connectivity index (χ0) is 18.4. The first-order valence-electron chi connectivity index (χ1n) is 8.89. The Kier molecular flexibility index (Phi) is 7.12. The summed E-state index contributed by atoms with van der Waals surface area (Å²) in [6, 6.07) is 3.44. The van der Waals surface area contributed by atoms with Crippen molar-refractivity contribution < 1.29 is 14.3 Å². The Hall–Kier alpha value is -1.75. The molecule has 25 heavy (non-hydrogen) atoms. The van der Waals surface area contributed by atoms with Gasteiger partial charge in [-0.3, -0.25) is 9.59 Å². The van der Waals surface area contributed by atoms with E-state index in [1.54, 1.807) is 24.1 Å². The molecule has 2 amide bonds. The second-order valence-electron chi connectivity index (χ2n) is 6.43. The number of amides is 2. The molecule has 0 atom stereocenters. The summed E-state index contributed by atoms with van der Waals surface area (Å²) in [6.07, 6.45) is 3.30. The molecular weight excluding hydrogens is 340 g/mol. The molecule has 0 radical (unpaired) electrons. The monoisotopic (exact) mass is 366 g/mol. The number of aryl methyl sites for hydroxylation is 1. The van der Waals surface area contributed by atoms with Gasteiger partial charge < -0.3 is 14.5 Å². The van der Waals surface area contributed by atoms with E-state index in [4.69, 9.17) is 16.3 Å². The van der Waals surface area contributed by atoms with Crippen molar-refractivity contribution in [3.63, 3.8) is 0 Å². The SMILES string of the molecule is CCCCC(=O)N1CCCN(C(=O)c2cc(Cl)cc(C)c2OC)CC1. The summed E-state index contributed by atoms with van der Waals surface area (Å²) in [6.45, 7) is 6.40. The molecule has 0 aliphatic carbocycles. The van der Waals surface area contributed by atoms with E-state index in [1.807, 2.05) is 11.8 Å². The number of halogens is 1. The molecule has 0 aromatic heterocycles. The molecule has 1 heterocycles. The van der Waals surface area contributed by atoms with Gasteiger partial charge in [0.15, 0.2) is 0 Å². The molecule has 0 unspecified atom stereocenters. The zero-order valence-electron chi connectivity index (χ0n) is 15.3. The number of unbranched alkanes of at least 4 members (excludes halogenated alkanes) is 1. The third kappa shape index (κ3) is 4.88. The first-order valence-corrected chi connectivity index (χ1v) is 9.27. The number of carbonyl (C=O) groups is 2. The fourth-order valence-electron chi connectivity index (χ4n) is 3.19. The van der Waals surface area contributed by atoms with E-state index in [0.717, 1.165) is 24.8 Å². The maximum Gasteiger partial charge on any atom is 0.257 e. The maximum absolute atomic E-state index is 13.0. The molecule has 1 saturated heterocycles. The van der Waals surface area contributed by atoms with E-state index in [-0.39, 0.29) is 11.8 Å². The van der Waals surface area contributed by atoms with E-state index in [2.05, 4.69) is 6.92 Å². The van der Waals surface area contributed by atoms with Crippen LogP contribution in [0.2, 0.25) is 5.02 Å². The molecule has 138 valence electrons. The Morgan fingerprint density at radius 3 is 2.52 bits per heavy atom. The maximum atomic E-state index is 13.0. The van der Waals surface area contributed by atoms with Crippen LogP contribution >= 0.6 is 11.6 Å². The van der Waals surface area contributed by atoms with Crippen LogP contribution in [0.4, 0.5) is 0 Å². The first-order chi connectivity index (χ1) is 12.0. The largest absolute Gasteiger partial charge is 0.496 e. The molecule has 0 saturated carbocycles. The summed E-state index contributed by atoms with van der Waals surface area (Å²) in [7, 11) is 1.56. The quantitative estimate of drug-likeness (QED) is 0.801. The van der Waals surface area contributed by atoms with E-state index in [0.29, 0.717) is 48.9 Å². The van der Waals surface area contributed by atoms with Gasteiger partial charge in [0.05, 0.1) is 12.7 Å². The zero-order valence-corrected chi connectivity index (χ0v) is 16.1. The summed E-state index contributed by atoms with van der Waals surface area (Å²) >= 11 is 6.13. The van der Waals surface area contributed by atoms with Gasteiger partial charge in [0.1, 0.15) is 5.75 Å². The lowest BCUT2D eigenvalue weighted by Gasteiger charge is -2.23. The van der Waals surface area contributed by atoms with Crippen LogP contribution in [0.25, 0.3) is 0 Å². The highest BCUT2D eigenvalue weighted by molar-refractivity contribution is 6.31. The van der Waals surface area contributed by atoms with Crippen LogP contribution in [0.1, 0.15) is 48.5 Å². The predicted molar refractivity (Wildman–Crippen MR) is 99.4 cm³/mol. The minimum atomic E-state index is -0.0923. The fraction of sp³-hybridized carbons (Fsp3) is 0.579. The highest BCUT2D eigenvalue weighted by Gasteiger charge is 2.25. The van der Waals surface area contributed by atoms with Crippen LogP contribution in [0.3, 0.4) is 0 Å². The second-order valence-corrected chi connectivity index (χ2v) is 6.87. The van der Waals surface area contributed by atoms with Gasteiger partial charge in [-0.15, -0.1) is 0 Å². The van der Waals surface area contributed by atoms with E-state index < -0.39 is 0 Å². The van der Waals surface area contributed by atoms with Crippen molar-refractivity contribution in [1.82, 2.24) is 9.80 Å². The summed E-state index contributed by atoms with van der Waals surface area (Å²) in [5.41, 5.74) is 1.32. The minimum Gasteiger partial charge on any atom is -0.496 e. The van der Waals surface area contributed by atoms with Crippen molar-refractivity contribution in [3.05, 3.63) is 28.3 Å². The summed E-state index contributed by atoms with van der Waals surface area (Å²) < 4.78 is 5.41. The van der Waals surface area contributed by atoms with Crippen molar-refractivity contribution in [1.29, 1.82) is 0 Å². The van der Waals surface area contributed by atoms with Crippen molar-refractivity contribution in [3.8, 4) is 5.75 Å². The Morgan fingerprint density at radius 2 is 1.84 bits per heavy atom. The van der Waals surface area contributed by atoms with Gasteiger partial charge in [0.25, 0.3) is 5.91 Å². The van der Waals surface area contributed by atoms with Crippen molar-refractivity contribution in [2.24, 2.45) is 0 Å². The van der Waals surface area contributed by atoms with Gasteiger partial charge in [-0.05, 0) is 37.5 Å². The van der Waals surface area contributed by atoms with Gasteiger partial charge in [0.2, 0.25) is 5.91 Å². The van der Waals surface area contributed by atoms with E-state index in [9.17, 15) is 9.59 Å². The van der Waals surface area contributed by atoms with Crippen molar-refractivity contribution in [2.75, 3.05) is 33.3 Å². The van der Waals surface area contributed by atoms with Gasteiger partial charge in [-0.25, -0.2) is 0 Å². The summed E-state index contributed by atoms with van der Waals surface area (Å²) in [5.74, 6) is 0.659. The molecule has 1 aliphatic rings. The lowest BCUT2D eigenvalue weighted by Crippen LogP contribution is -2.37. The number of benzene rings is 1. The number of hydrogen-bond acceptors (Lipinski definition) is 3. The van der Waals surface area contributed by atoms with Crippen LogP contribution in [-0.2, 0) is 4.79 Å². The van der Waals surface area contributed by atoms with Gasteiger partial charge >= 0.3 is 0 Å². The van der Waals surface area contributed by atoms with Crippen molar-refractivity contribution >= 4 is 23.4 Å². The summed E-state index contributed by atoms with van der Waals surface area (Å²) in [5, 5.41) is 0.521. The topological polar surface area (TPSA) is 49.9 Å². The first kappa shape index (κ1) is 19.6. The fourth-order valence-corrected chi connectivity index (χ4v) is 3.46. The molecule has 0 bridgehead atoms. The van der Waals surface area contributed by atoms with Gasteiger partial charge in [-0.1, -0.05) is 24.9 Å². The molecule has 0 N–H and O–H groups in total. The molecule has 2 rings (SSSR count). The van der Waals surface area contributed by atoms with Gasteiger partial charge in [0, 0.05) is 37.6 Å². The Labute approximate surface area is 154 Å². The number of carbonyl (C=O) groups excluding carboxylic acids is 2. The average molecular weight is 367 g/mol. The average Bonchev–Trinajstić information content (AvgIpc) is 2.84. The highest BCUT2D eigenvalue weighted by atomic mass is 35.5. The third-order valence-electron chi connectivity index (χ3n) is 4.55. The van der Waals surface area contributed by atoms with Crippen LogP contribution in [0.5, 0.6) is 5.75 Å². The highest BCUT2D eigenvalue weighted by Crippen LogP contribution is 2.29. The number of hydrogen-bond donors (Lipinski definition) is 0. The van der Waals surface area contributed by atoms with Crippen molar-refractivity contribution in [2.45, 2.75) is 39.5 Å². The van der Waals surface area contributed by atoms with Gasteiger partial charge in [-0.2, -0.15) is 0 Å². The number of rotatable bonds is 5. The van der Waals surface area contributed by atoms with E-state index >= 15 is 0 Å². The number of nitrogens with zero attached hydrogens (tertiary/aromatic N) is 2. The van der Waals surface area contributed by atoms with Crippen LogP contribution in [-0.4, -0.2) is 54.9 Å². The minimum absolute atomic E-state index is 0.0923. The number of ether oxygens (including phenoxy) is 1. The summed E-state index contributed by atoms with van der Waals surface area (Å²) in [4.78, 5) is 28.9. The molecule has 1 fully saturated rings. The van der Waals surface area contributed by atoms with E-state index in [1.165, 1.54) is 0 Å². The Balaban J connectivity index is 2.10. The third-order valence-corrected chi connectivity index (χ3v) is 4.77. The molecule has 1 aliphatic heterocycles. The molecule has 0 spiro atoms. The lowest BCUT2D eigenvalue weighted by molar-refractivity contribution is -0.131. The Morgan fingerprint density at radius 1 is 1.16 bits per heavy atom. The lowest BCUT2D eigenvalue weighted by atomic mass is 10.1. The van der Waals surface area contributed by atoms with Crippen LogP contribution < -0.4 is 4.74 Å². The Bertz CT molecular complexity index is 633. The normalized spacial score (nSPS) is 15.0.